The first-order valence-corrected chi connectivity index (χ1v) is 7.91. The molecular formula is C19H16FN3O3. The van der Waals surface area contributed by atoms with Crippen molar-refractivity contribution in [3.05, 3.63) is 72.2 Å². The maximum atomic E-state index is 13.6. The van der Waals surface area contributed by atoms with Crippen LogP contribution in [0.2, 0.25) is 0 Å². The number of H-pyrrole nitrogens is 1. The summed E-state index contributed by atoms with van der Waals surface area (Å²) in [7, 11) is 0. The third-order valence-electron chi connectivity index (χ3n) is 3.71. The minimum atomic E-state index is -1.11. The Kier molecular flexibility index (Phi) is 5.07. The molecule has 1 amide bonds. The number of esters is 1. The zero-order chi connectivity index (χ0) is 18.5. The largest absolute Gasteiger partial charge is 0.449 e. The van der Waals surface area contributed by atoms with Crippen LogP contribution in [0.1, 0.15) is 17.3 Å². The molecule has 3 aromatic rings. The van der Waals surface area contributed by atoms with Gasteiger partial charge in [-0.3, -0.25) is 9.89 Å². The number of rotatable bonds is 5. The van der Waals surface area contributed by atoms with Crippen LogP contribution in [0.15, 0.2) is 60.8 Å². The van der Waals surface area contributed by atoms with Gasteiger partial charge in [0.2, 0.25) is 0 Å². The lowest BCUT2D eigenvalue weighted by molar-refractivity contribution is -0.123. The fourth-order valence-corrected chi connectivity index (χ4v) is 2.34. The predicted molar refractivity (Wildman–Crippen MR) is 93.9 cm³/mol. The number of benzene rings is 2. The SMILES string of the molecule is C[C@@H](OC(=O)c1cn[nH]c1-c1ccccc1)C(=O)Nc1ccccc1F. The summed E-state index contributed by atoms with van der Waals surface area (Å²) < 4.78 is 18.8. The first kappa shape index (κ1) is 17.3. The molecule has 6 nitrogen and oxygen atoms in total. The summed E-state index contributed by atoms with van der Waals surface area (Å²) in [4.78, 5) is 24.5. The zero-order valence-corrected chi connectivity index (χ0v) is 13.9. The number of halogens is 1. The number of hydrogen-bond donors (Lipinski definition) is 2. The summed E-state index contributed by atoms with van der Waals surface area (Å²) in [6.45, 7) is 1.41. The van der Waals surface area contributed by atoms with Crippen LogP contribution in [-0.4, -0.2) is 28.2 Å². The molecule has 3 rings (SSSR count). The van der Waals surface area contributed by atoms with E-state index in [4.69, 9.17) is 4.74 Å². The van der Waals surface area contributed by atoms with Crippen molar-refractivity contribution >= 4 is 17.6 Å². The monoisotopic (exact) mass is 353 g/mol. The van der Waals surface area contributed by atoms with Crippen molar-refractivity contribution in [2.45, 2.75) is 13.0 Å². The summed E-state index contributed by atoms with van der Waals surface area (Å²) >= 11 is 0. The average Bonchev–Trinajstić information content (AvgIpc) is 3.14. The highest BCUT2D eigenvalue weighted by atomic mass is 19.1. The molecular weight excluding hydrogens is 337 g/mol. The molecule has 1 aromatic heterocycles. The fraction of sp³-hybridized carbons (Fsp3) is 0.105. The molecule has 132 valence electrons. The van der Waals surface area contributed by atoms with Crippen molar-refractivity contribution in [2.75, 3.05) is 5.32 Å². The molecule has 7 heteroatoms. The molecule has 0 radical (unpaired) electrons. The van der Waals surface area contributed by atoms with Crippen LogP contribution in [-0.2, 0) is 9.53 Å². The van der Waals surface area contributed by atoms with Gasteiger partial charge in [-0.2, -0.15) is 5.10 Å². The van der Waals surface area contributed by atoms with E-state index in [1.54, 1.807) is 6.07 Å². The molecule has 1 atom stereocenters. The number of amides is 1. The van der Waals surface area contributed by atoms with Crippen LogP contribution in [0.5, 0.6) is 0 Å². The molecule has 0 aliphatic rings. The van der Waals surface area contributed by atoms with Crippen molar-refractivity contribution in [1.82, 2.24) is 10.2 Å². The third kappa shape index (κ3) is 3.77. The van der Waals surface area contributed by atoms with Gasteiger partial charge in [0, 0.05) is 5.56 Å². The van der Waals surface area contributed by atoms with E-state index in [9.17, 15) is 14.0 Å². The Hall–Kier alpha value is -3.48. The minimum absolute atomic E-state index is 0.0219. The number of aromatic amines is 1. The molecule has 26 heavy (non-hydrogen) atoms. The summed E-state index contributed by atoms with van der Waals surface area (Å²) in [5.41, 5.74) is 1.49. The number of nitrogens with zero attached hydrogens (tertiary/aromatic N) is 1. The second-order valence-corrected chi connectivity index (χ2v) is 5.54. The van der Waals surface area contributed by atoms with Crippen LogP contribution < -0.4 is 5.32 Å². The second-order valence-electron chi connectivity index (χ2n) is 5.54. The molecule has 0 bridgehead atoms. The number of anilines is 1. The topological polar surface area (TPSA) is 84.1 Å². The lowest BCUT2D eigenvalue weighted by Gasteiger charge is -2.14. The molecule has 1 heterocycles. The smallest absolute Gasteiger partial charge is 0.342 e. The number of aromatic nitrogens is 2. The van der Waals surface area contributed by atoms with Gasteiger partial charge in [0.25, 0.3) is 5.91 Å². The quantitative estimate of drug-likeness (QED) is 0.689. The van der Waals surface area contributed by atoms with Gasteiger partial charge in [0.15, 0.2) is 6.10 Å². The van der Waals surface area contributed by atoms with E-state index < -0.39 is 23.8 Å². The number of hydrogen-bond acceptors (Lipinski definition) is 4. The molecule has 2 aromatic carbocycles. The van der Waals surface area contributed by atoms with Crippen LogP contribution in [0, 0.1) is 5.82 Å². The van der Waals surface area contributed by atoms with Gasteiger partial charge in [-0.1, -0.05) is 42.5 Å². The summed E-state index contributed by atoms with van der Waals surface area (Å²) in [6.07, 6.45) is 0.229. The van der Waals surface area contributed by atoms with Crippen LogP contribution >= 0.6 is 0 Å². The zero-order valence-electron chi connectivity index (χ0n) is 13.9. The van der Waals surface area contributed by atoms with E-state index >= 15 is 0 Å². The molecule has 0 aliphatic heterocycles. The number of nitrogens with one attached hydrogen (secondary N) is 2. The first-order chi connectivity index (χ1) is 12.6. The van der Waals surface area contributed by atoms with E-state index in [1.165, 1.54) is 31.3 Å². The lowest BCUT2D eigenvalue weighted by atomic mass is 10.1. The normalized spacial score (nSPS) is 11.6. The number of ether oxygens (including phenoxy) is 1. The predicted octanol–water partition coefficient (Wildman–Crippen LogP) is 3.40. The number of carbonyl (C=O) groups excluding carboxylic acids is 2. The van der Waals surface area contributed by atoms with Gasteiger partial charge >= 0.3 is 5.97 Å². The Morgan fingerprint density at radius 1 is 1.12 bits per heavy atom. The molecule has 0 saturated heterocycles. The Morgan fingerprint density at radius 3 is 2.54 bits per heavy atom. The number of para-hydroxylation sites is 1. The van der Waals surface area contributed by atoms with E-state index in [0.29, 0.717) is 5.69 Å². The van der Waals surface area contributed by atoms with E-state index in [0.717, 1.165) is 5.56 Å². The van der Waals surface area contributed by atoms with Crippen molar-refractivity contribution < 1.29 is 18.7 Å². The third-order valence-corrected chi connectivity index (χ3v) is 3.71. The van der Waals surface area contributed by atoms with Crippen LogP contribution in [0.25, 0.3) is 11.3 Å². The maximum Gasteiger partial charge on any atom is 0.342 e. The molecule has 2 N–H and O–H groups in total. The average molecular weight is 353 g/mol. The fourth-order valence-electron chi connectivity index (χ4n) is 2.34. The van der Waals surface area contributed by atoms with Crippen LogP contribution in [0.3, 0.4) is 0 Å². The van der Waals surface area contributed by atoms with Crippen LogP contribution in [0.4, 0.5) is 10.1 Å². The van der Waals surface area contributed by atoms with Gasteiger partial charge in [0.05, 0.1) is 17.6 Å². The highest BCUT2D eigenvalue weighted by molar-refractivity contribution is 5.99. The van der Waals surface area contributed by atoms with Crippen molar-refractivity contribution in [3.63, 3.8) is 0 Å². The molecule has 0 saturated carbocycles. The minimum Gasteiger partial charge on any atom is -0.449 e. The Labute approximate surface area is 149 Å². The standard InChI is InChI=1S/C19H16FN3O3/c1-12(18(24)22-16-10-6-5-9-15(16)20)26-19(25)14-11-21-23-17(14)13-7-3-2-4-8-13/h2-12H,1H3,(H,21,23)(H,22,24)/t12-/m1/s1. The Balaban J connectivity index is 1.70. The summed E-state index contributed by atoms with van der Waals surface area (Å²) in [6, 6.07) is 14.9. The van der Waals surface area contributed by atoms with Gasteiger partial charge < -0.3 is 10.1 Å². The van der Waals surface area contributed by atoms with E-state index in [2.05, 4.69) is 15.5 Å². The van der Waals surface area contributed by atoms with Crippen molar-refractivity contribution in [2.24, 2.45) is 0 Å². The van der Waals surface area contributed by atoms with Gasteiger partial charge in [-0.25, -0.2) is 9.18 Å². The van der Waals surface area contributed by atoms with Gasteiger partial charge in [0.1, 0.15) is 11.4 Å². The summed E-state index contributed by atoms with van der Waals surface area (Å²) in [5, 5.41) is 9.02. The molecule has 0 spiro atoms. The summed E-state index contributed by atoms with van der Waals surface area (Å²) in [5.74, 6) is -1.90. The highest BCUT2D eigenvalue weighted by Crippen LogP contribution is 2.22. The van der Waals surface area contributed by atoms with Gasteiger partial charge in [-0.15, -0.1) is 0 Å². The Bertz CT molecular complexity index is 925. The first-order valence-electron chi connectivity index (χ1n) is 7.91. The maximum absolute atomic E-state index is 13.6. The number of carbonyl (C=O) groups is 2. The second kappa shape index (κ2) is 7.60. The Morgan fingerprint density at radius 2 is 1.81 bits per heavy atom. The van der Waals surface area contributed by atoms with E-state index in [-0.39, 0.29) is 11.3 Å². The molecule has 0 aliphatic carbocycles. The molecule has 0 fully saturated rings. The highest BCUT2D eigenvalue weighted by Gasteiger charge is 2.23. The van der Waals surface area contributed by atoms with Crippen molar-refractivity contribution in [1.29, 1.82) is 0 Å². The molecule has 0 unspecified atom stereocenters. The van der Waals surface area contributed by atoms with E-state index in [1.807, 2.05) is 30.3 Å². The van der Waals surface area contributed by atoms with Crippen molar-refractivity contribution in [3.8, 4) is 11.3 Å². The lowest BCUT2D eigenvalue weighted by Crippen LogP contribution is -2.30. The van der Waals surface area contributed by atoms with Gasteiger partial charge in [-0.05, 0) is 19.1 Å².